The molecule has 3 rings (SSSR count). The Labute approximate surface area is 137 Å². The second-order valence-corrected chi connectivity index (χ2v) is 7.39. The van der Waals surface area contributed by atoms with E-state index in [0.717, 1.165) is 42.5 Å². The van der Waals surface area contributed by atoms with Crippen molar-refractivity contribution in [3.05, 3.63) is 24.3 Å². The maximum Gasteiger partial charge on any atom is 0.127 e. The van der Waals surface area contributed by atoms with E-state index in [-0.39, 0.29) is 11.3 Å². The zero-order valence-corrected chi connectivity index (χ0v) is 14.1. The molecule has 0 spiro atoms. The van der Waals surface area contributed by atoms with E-state index < -0.39 is 0 Å². The normalized spacial score (nSPS) is 16.9. The minimum atomic E-state index is 0.138. The fraction of sp³-hybridized carbons (Fsp3) is 0.500. The molecule has 2 aromatic rings. The lowest BCUT2D eigenvalue weighted by molar-refractivity contribution is 0.317. The van der Waals surface area contributed by atoms with Gasteiger partial charge in [-0.3, -0.25) is 0 Å². The van der Waals surface area contributed by atoms with Crippen molar-refractivity contribution in [3.63, 3.8) is 0 Å². The third kappa shape index (κ3) is 3.50. The number of aromatic hydroxyl groups is 1. The summed E-state index contributed by atoms with van der Waals surface area (Å²) in [6, 6.07) is 7.80. The summed E-state index contributed by atoms with van der Waals surface area (Å²) in [6.45, 7) is 8.50. The van der Waals surface area contributed by atoms with Crippen molar-refractivity contribution in [2.75, 3.05) is 23.7 Å². The van der Waals surface area contributed by atoms with Crippen molar-refractivity contribution in [1.29, 1.82) is 0 Å². The van der Waals surface area contributed by atoms with Gasteiger partial charge >= 0.3 is 0 Å². The van der Waals surface area contributed by atoms with Gasteiger partial charge in [-0.15, -0.1) is 0 Å². The number of piperidine rings is 1. The van der Waals surface area contributed by atoms with Gasteiger partial charge in [-0.25, -0.2) is 4.98 Å². The summed E-state index contributed by atoms with van der Waals surface area (Å²) in [7, 11) is 0. The molecule has 1 aliphatic rings. The van der Waals surface area contributed by atoms with Crippen LogP contribution in [-0.2, 0) is 0 Å². The summed E-state index contributed by atoms with van der Waals surface area (Å²) in [5.41, 5.74) is 7.83. The number of hydrogen-bond donors (Lipinski definition) is 3. The van der Waals surface area contributed by atoms with Gasteiger partial charge in [-0.1, -0.05) is 6.07 Å². The lowest BCUT2D eigenvalue weighted by atomic mass is 9.99. The number of phenols is 1. The number of nitrogens with two attached hydrogens (primary N) is 1. The zero-order chi connectivity index (χ0) is 16.6. The van der Waals surface area contributed by atoms with E-state index in [1.54, 1.807) is 12.1 Å². The van der Waals surface area contributed by atoms with Gasteiger partial charge in [0.15, 0.2) is 0 Å². The minimum Gasteiger partial charge on any atom is -0.507 e. The fourth-order valence-electron chi connectivity index (χ4n) is 3.39. The van der Waals surface area contributed by atoms with Gasteiger partial charge in [-0.2, -0.15) is 0 Å². The summed E-state index contributed by atoms with van der Waals surface area (Å²) in [5.74, 6) is 0.757. The van der Waals surface area contributed by atoms with E-state index in [0.29, 0.717) is 11.9 Å². The predicted molar refractivity (Wildman–Crippen MR) is 95.9 cm³/mol. The molecule has 1 aliphatic heterocycles. The van der Waals surface area contributed by atoms with Crippen molar-refractivity contribution in [3.8, 4) is 5.75 Å². The van der Waals surface area contributed by atoms with Crippen LogP contribution in [0.1, 0.15) is 33.6 Å². The molecule has 1 aromatic carbocycles. The Kier molecular flexibility index (Phi) is 4.06. The molecule has 0 unspecified atom stereocenters. The molecule has 0 aliphatic carbocycles. The zero-order valence-electron chi connectivity index (χ0n) is 14.1. The molecule has 0 saturated carbocycles. The highest BCUT2D eigenvalue weighted by Crippen LogP contribution is 2.35. The quantitative estimate of drug-likeness (QED) is 0.795. The van der Waals surface area contributed by atoms with Crippen molar-refractivity contribution in [1.82, 2.24) is 10.3 Å². The number of phenolic OH excluding ortho intramolecular Hbond substituents is 1. The van der Waals surface area contributed by atoms with Gasteiger partial charge in [-0.05, 0) is 45.7 Å². The Hall–Kier alpha value is -2.01. The van der Waals surface area contributed by atoms with Crippen LogP contribution in [0.15, 0.2) is 24.3 Å². The number of pyridine rings is 1. The number of nitrogens with zero attached hydrogens (tertiary/aromatic N) is 2. The molecule has 1 aromatic heterocycles. The molecule has 0 atom stereocenters. The minimum absolute atomic E-state index is 0.138. The van der Waals surface area contributed by atoms with Gasteiger partial charge < -0.3 is 21.1 Å². The summed E-state index contributed by atoms with van der Waals surface area (Å²) in [5, 5.41) is 14.7. The first-order valence-corrected chi connectivity index (χ1v) is 8.24. The molecular weight excluding hydrogens is 288 g/mol. The third-order valence-electron chi connectivity index (χ3n) is 4.28. The van der Waals surface area contributed by atoms with Crippen molar-refractivity contribution in [2.45, 2.75) is 45.2 Å². The smallest absolute Gasteiger partial charge is 0.127 e. The molecule has 0 bridgehead atoms. The van der Waals surface area contributed by atoms with Crippen LogP contribution in [0.4, 0.5) is 11.5 Å². The first-order valence-electron chi connectivity index (χ1n) is 8.24. The van der Waals surface area contributed by atoms with Crippen LogP contribution in [0.3, 0.4) is 0 Å². The average molecular weight is 314 g/mol. The topological polar surface area (TPSA) is 74.4 Å². The molecule has 1 fully saturated rings. The molecule has 0 radical (unpaired) electrons. The van der Waals surface area contributed by atoms with Crippen LogP contribution in [0, 0.1) is 0 Å². The monoisotopic (exact) mass is 314 g/mol. The van der Waals surface area contributed by atoms with Crippen LogP contribution >= 0.6 is 0 Å². The number of fused-ring (bicyclic) bond motifs is 1. The highest BCUT2D eigenvalue weighted by Gasteiger charge is 2.24. The summed E-state index contributed by atoms with van der Waals surface area (Å²) in [6.07, 6.45) is 2.16. The SMILES string of the molecule is CC(C)(C)NC1CCN(c2cc(N)nc3cccc(O)c23)CC1. The van der Waals surface area contributed by atoms with Crippen LogP contribution in [0.2, 0.25) is 0 Å². The van der Waals surface area contributed by atoms with E-state index in [9.17, 15) is 5.11 Å². The van der Waals surface area contributed by atoms with Gasteiger partial charge in [0.1, 0.15) is 11.6 Å². The maximum atomic E-state index is 10.3. The Balaban J connectivity index is 1.85. The maximum absolute atomic E-state index is 10.3. The Morgan fingerprint density at radius 3 is 2.61 bits per heavy atom. The number of anilines is 2. The van der Waals surface area contributed by atoms with Crippen LogP contribution in [0.25, 0.3) is 10.9 Å². The first-order chi connectivity index (χ1) is 10.8. The molecule has 2 heterocycles. The largest absolute Gasteiger partial charge is 0.507 e. The number of nitrogens with one attached hydrogen (secondary N) is 1. The fourth-order valence-corrected chi connectivity index (χ4v) is 3.39. The van der Waals surface area contributed by atoms with E-state index in [1.165, 1.54) is 0 Å². The van der Waals surface area contributed by atoms with Crippen LogP contribution in [0.5, 0.6) is 5.75 Å². The first kappa shape index (κ1) is 15.9. The van der Waals surface area contributed by atoms with Crippen LogP contribution in [-0.4, -0.2) is 34.8 Å². The van der Waals surface area contributed by atoms with E-state index in [2.05, 4.69) is 36.0 Å². The van der Waals surface area contributed by atoms with E-state index in [1.807, 2.05) is 12.1 Å². The van der Waals surface area contributed by atoms with Gasteiger partial charge in [0, 0.05) is 30.7 Å². The van der Waals surface area contributed by atoms with Crippen molar-refractivity contribution >= 4 is 22.4 Å². The van der Waals surface area contributed by atoms with Gasteiger partial charge in [0.25, 0.3) is 0 Å². The Morgan fingerprint density at radius 1 is 1.26 bits per heavy atom. The Morgan fingerprint density at radius 2 is 1.96 bits per heavy atom. The van der Waals surface area contributed by atoms with Gasteiger partial charge in [0.05, 0.1) is 16.6 Å². The number of hydrogen-bond acceptors (Lipinski definition) is 5. The van der Waals surface area contributed by atoms with Crippen molar-refractivity contribution in [2.24, 2.45) is 0 Å². The van der Waals surface area contributed by atoms with Gasteiger partial charge in [0.2, 0.25) is 0 Å². The highest BCUT2D eigenvalue weighted by atomic mass is 16.3. The number of rotatable bonds is 2. The number of aromatic nitrogens is 1. The lowest BCUT2D eigenvalue weighted by Crippen LogP contribution is -2.49. The molecule has 124 valence electrons. The highest BCUT2D eigenvalue weighted by molar-refractivity contribution is 5.98. The molecule has 4 N–H and O–H groups in total. The second-order valence-electron chi connectivity index (χ2n) is 7.39. The summed E-state index contributed by atoms with van der Waals surface area (Å²) >= 11 is 0. The van der Waals surface area contributed by atoms with Crippen LogP contribution < -0.4 is 16.0 Å². The Bertz CT molecular complexity index is 700. The van der Waals surface area contributed by atoms with Crippen molar-refractivity contribution < 1.29 is 5.11 Å². The summed E-state index contributed by atoms with van der Waals surface area (Å²) in [4.78, 5) is 6.64. The molecule has 23 heavy (non-hydrogen) atoms. The molecule has 5 nitrogen and oxygen atoms in total. The standard InChI is InChI=1S/C18H26N4O/c1-18(2,3)21-12-7-9-22(10-8-12)14-11-16(19)20-13-5-4-6-15(23)17(13)14/h4-6,11-12,21,23H,7-10H2,1-3H3,(H2,19,20). The molecule has 5 heteroatoms. The average Bonchev–Trinajstić information content (AvgIpc) is 2.45. The van der Waals surface area contributed by atoms with E-state index in [4.69, 9.17) is 5.73 Å². The third-order valence-corrected chi connectivity index (χ3v) is 4.28. The predicted octanol–water partition coefficient (Wildman–Crippen LogP) is 2.88. The van der Waals surface area contributed by atoms with E-state index >= 15 is 0 Å². The molecular formula is C18H26N4O. The lowest BCUT2D eigenvalue weighted by Gasteiger charge is -2.37. The summed E-state index contributed by atoms with van der Waals surface area (Å²) < 4.78 is 0. The second kappa shape index (κ2) is 5.89. The number of nitrogen functional groups attached to an aromatic ring is 1. The molecule has 0 amide bonds. The number of benzene rings is 1. The molecule has 1 saturated heterocycles.